The van der Waals surface area contributed by atoms with E-state index in [2.05, 4.69) is 27.1 Å². The normalized spacial score (nSPS) is 32.7. The number of hydrazine groups is 1. The molecule has 0 radical (unpaired) electrons. The van der Waals surface area contributed by atoms with E-state index in [-0.39, 0.29) is 30.1 Å². The molecule has 4 atom stereocenters. The number of piperidine rings is 1. The van der Waals surface area contributed by atoms with E-state index in [4.69, 9.17) is 0 Å². The van der Waals surface area contributed by atoms with Crippen LogP contribution < -0.4 is 16.1 Å². The van der Waals surface area contributed by atoms with Gasteiger partial charge in [0.2, 0.25) is 5.91 Å². The molecule has 33 heavy (non-hydrogen) atoms. The summed E-state index contributed by atoms with van der Waals surface area (Å²) in [5, 5.41) is 18.1. The first-order chi connectivity index (χ1) is 15.9. The molecule has 0 bridgehead atoms. The summed E-state index contributed by atoms with van der Waals surface area (Å²) < 4.78 is 25.8. The summed E-state index contributed by atoms with van der Waals surface area (Å²) in [5.74, 6) is 0.269. The molecule has 3 aliphatic heterocycles. The van der Waals surface area contributed by atoms with Gasteiger partial charge in [-0.1, -0.05) is 12.8 Å². The predicted molar refractivity (Wildman–Crippen MR) is 123 cm³/mol. The lowest BCUT2D eigenvalue weighted by atomic mass is 9.90. The van der Waals surface area contributed by atoms with Crippen molar-refractivity contribution in [1.29, 1.82) is 5.26 Å². The zero-order valence-electron chi connectivity index (χ0n) is 18.7. The summed E-state index contributed by atoms with van der Waals surface area (Å²) in [6, 6.07) is 8.04. The molecular formula is C24H31N5O3S. The summed E-state index contributed by atoms with van der Waals surface area (Å²) in [4.78, 5) is 13.3. The van der Waals surface area contributed by atoms with Gasteiger partial charge in [-0.2, -0.15) is 5.26 Å². The molecular weight excluding hydrogens is 438 g/mol. The van der Waals surface area contributed by atoms with Crippen LogP contribution in [0.1, 0.15) is 56.9 Å². The lowest BCUT2D eigenvalue weighted by Gasteiger charge is -2.34. The fourth-order valence-corrected chi connectivity index (χ4v) is 9.12. The van der Waals surface area contributed by atoms with Crippen LogP contribution in [-0.4, -0.2) is 48.9 Å². The molecule has 9 heteroatoms. The quantitative estimate of drug-likeness (QED) is 0.605. The Labute approximate surface area is 195 Å². The van der Waals surface area contributed by atoms with Crippen molar-refractivity contribution in [3.05, 3.63) is 23.8 Å². The van der Waals surface area contributed by atoms with Crippen molar-refractivity contribution in [2.75, 3.05) is 11.9 Å². The Balaban J connectivity index is 1.27. The molecule has 1 aromatic rings. The highest BCUT2D eigenvalue weighted by Crippen LogP contribution is 2.49. The highest BCUT2D eigenvalue weighted by atomic mass is 32.2. The number of rotatable bonds is 5. The number of hydrogen-bond donors (Lipinski definition) is 3. The van der Waals surface area contributed by atoms with Gasteiger partial charge in [0.05, 0.1) is 28.1 Å². The van der Waals surface area contributed by atoms with Crippen molar-refractivity contribution in [1.82, 2.24) is 15.8 Å². The third-order valence-electron chi connectivity index (χ3n) is 8.55. The van der Waals surface area contributed by atoms with Gasteiger partial charge in [0.25, 0.3) is 0 Å². The molecule has 2 saturated carbocycles. The Morgan fingerprint density at radius 2 is 2.03 bits per heavy atom. The van der Waals surface area contributed by atoms with Crippen LogP contribution in [0.5, 0.6) is 0 Å². The zero-order chi connectivity index (χ0) is 22.8. The minimum Gasteiger partial charge on any atom is -0.368 e. The second-order valence-electron chi connectivity index (χ2n) is 10.5. The number of fused-ring (bicyclic) bond motifs is 2. The Bertz CT molecular complexity index is 1120. The van der Waals surface area contributed by atoms with Gasteiger partial charge >= 0.3 is 0 Å². The Morgan fingerprint density at radius 1 is 1.24 bits per heavy atom. The topological polar surface area (TPSA) is 114 Å². The Kier molecular flexibility index (Phi) is 4.98. The van der Waals surface area contributed by atoms with Crippen molar-refractivity contribution in [2.45, 2.75) is 85.7 Å². The molecule has 176 valence electrons. The van der Waals surface area contributed by atoms with Crippen LogP contribution in [-0.2, 0) is 21.1 Å². The average Bonchev–Trinajstić information content (AvgIpc) is 3.33. The van der Waals surface area contributed by atoms with Crippen molar-refractivity contribution in [2.24, 2.45) is 11.8 Å². The SMILES string of the molecule is N#CC[C@@H](C1CC1)N1NC(Nc2ccc3c(c2)CC2(CCCC2)S3(=O)=O)C2C(=O)NCCC21. The van der Waals surface area contributed by atoms with Gasteiger partial charge in [0, 0.05) is 24.3 Å². The number of sulfone groups is 1. The van der Waals surface area contributed by atoms with Crippen LogP contribution in [0.15, 0.2) is 23.1 Å². The van der Waals surface area contributed by atoms with E-state index >= 15 is 0 Å². The molecule has 0 aromatic heterocycles. The smallest absolute Gasteiger partial charge is 0.228 e. The largest absolute Gasteiger partial charge is 0.368 e. The molecule has 6 rings (SSSR count). The second-order valence-corrected chi connectivity index (χ2v) is 12.8. The monoisotopic (exact) mass is 469 g/mol. The minimum atomic E-state index is -3.29. The Hall–Kier alpha value is -2.15. The minimum absolute atomic E-state index is 0.0268. The van der Waals surface area contributed by atoms with Crippen molar-refractivity contribution in [3.63, 3.8) is 0 Å². The third-order valence-corrected chi connectivity index (χ3v) is 11.2. The summed E-state index contributed by atoms with van der Waals surface area (Å²) in [6.07, 6.45) is 7.30. The molecule has 2 saturated heterocycles. The van der Waals surface area contributed by atoms with E-state index in [0.717, 1.165) is 56.2 Å². The summed E-state index contributed by atoms with van der Waals surface area (Å²) in [5.41, 5.74) is 5.27. The number of amides is 1. The molecule has 8 nitrogen and oxygen atoms in total. The number of nitrogens with one attached hydrogen (secondary N) is 3. The van der Waals surface area contributed by atoms with E-state index in [1.54, 1.807) is 6.07 Å². The summed E-state index contributed by atoms with van der Waals surface area (Å²) >= 11 is 0. The number of hydrogen-bond acceptors (Lipinski definition) is 7. The van der Waals surface area contributed by atoms with Gasteiger partial charge in [-0.15, -0.1) is 0 Å². The first-order valence-corrected chi connectivity index (χ1v) is 13.8. The van der Waals surface area contributed by atoms with Crippen molar-refractivity contribution >= 4 is 21.4 Å². The summed E-state index contributed by atoms with van der Waals surface area (Å²) in [7, 11) is -3.29. The molecule has 2 aliphatic carbocycles. The highest BCUT2D eigenvalue weighted by molar-refractivity contribution is 7.93. The number of benzene rings is 1. The number of carbonyl (C=O) groups excluding carboxylic acids is 1. The van der Waals surface area contributed by atoms with E-state index < -0.39 is 14.6 Å². The van der Waals surface area contributed by atoms with Crippen LogP contribution in [0, 0.1) is 23.2 Å². The van der Waals surface area contributed by atoms with E-state index in [1.165, 1.54) is 0 Å². The molecule has 1 aromatic carbocycles. The molecule has 3 heterocycles. The third kappa shape index (κ3) is 3.29. The molecule has 3 unspecified atom stereocenters. The first kappa shape index (κ1) is 21.4. The summed E-state index contributed by atoms with van der Waals surface area (Å²) in [6.45, 7) is 0.646. The van der Waals surface area contributed by atoms with Gasteiger partial charge in [-0.05, 0) is 68.2 Å². The van der Waals surface area contributed by atoms with Crippen LogP contribution in [0.25, 0.3) is 0 Å². The van der Waals surface area contributed by atoms with Crippen molar-refractivity contribution < 1.29 is 13.2 Å². The van der Waals surface area contributed by atoms with Gasteiger partial charge < -0.3 is 10.6 Å². The maximum atomic E-state index is 13.2. The fourth-order valence-electron chi connectivity index (χ4n) is 6.76. The number of carbonyl (C=O) groups is 1. The average molecular weight is 470 g/mol. The molecule has 3 N–H and O–H groups in total. The lowest BCUT2D eigenvalue weighted by Crippen LogP contribution is -2.52. The molecule has 1 amide bonds. The fraction of sp³-hybridized carbons (Fsp3) is 0.667. The second kappa shape index (κ2) is 7.69. The standard InChI is InChI=1S/C24H31N5O3S/c25-11-7-18(15-3-4-15)29-19-8-12-26-23(30)21(19)22(28-29)27-17-5-6-20-16(13-17)14-24(33(20,31)32)9-1-2-10-24/h5-6,13,15,18-19,21-22,27-28H,1-4,7-10,12,14H2,(H,26,30)/t18-,19?,21?,22?/m0/s1. The van der Waals surface area contributed by atoms with Gasteiger partial charge in [-0.3, -0.25) is 4.79 Å². The van der Waals surface area contributed by atoms with Crippen LogP contribution in [0.3, 0.4) is 0 Å². The molecule has 4 fully saturated rings. The molecule has 1 spiro atoms. The highest BCUT2D eigenvalue weighted by Gasteiger charge is 2.53. The van der Waals surface area contributed by atoms with Crippen LogP contribution >= 0.6 is 0 Å². The predicted octanol–water partition coefficient (Wildman–Crippen LogP) is 2.08. The van der Waals surface area contributed by atoms with Gasteiger partial charge in [-0.25, -0.2) is 18.9 Å². The van der Waals surface area contributed by atoms with Crippen LogP contribution in [0.2, 0.25) is 0 Å². The van der Waals surface area contributed by atoms with E-state index in [0.29, 0.717) is 30.2 Å². The number of nitrogens with zero attached hydrogens (tertiary/aromatic N) is 2. The maximum absolute atomic E-state index is 13.2. The van der Waals surface area contributed by atoms with Gasteiger partial charge in [0.1, 0.15) is 6.17 Å². The van der Waals surface area contributed by atoms with Gasteiger partial charge in [0.15, 0.2) is 9.84 Å². The first-order valence-electron chi connectivity index (χ1n) is 12.3. The Morgan fingerprint density at radius 3 is 2.76 bits per heavy atom. The van der Waals surface area contributed by atoms with Crippen LogP contribution in [0.4, 0.5) is 5.69 Å². The number of nitriles is 1. The number of anilines is 1. The van der Waals surface area contributed by atoms with E-state index in [9.17, 15) is 18.5 Å². The lowest BCUT2D eigenvalue weighted by molar-refractivity contribution is -0.128. The maximum Gasteiger partial charge on any atom is 0.228 e. The van der Waals surface area contributed by atoms with E-state index in [1.807, 2.05) is 12.1 Å². The van der Waals surface area contributed by atoms with Crippen molar-refractivity contribution in [3.8, 4) is 6.07 Å². The molecule has 5 aliphatic rings. The zero-order valence-corrected chi connectivity index (χ0v) is 19.5.